The highest BCUT2D eigenvalue weighted by molar-refractivity contribution is 8.16. The molecule has 1 aromatic carbocycles. The number of fused-ring (bicyclic) bond motifs is 1. The summed E-state index contributed by atoms with van der Waals surface area (Å²) in [4.78, 5) is 6.68. The highest BCUT2D eigenvalue weighted by atomic mass is 32.2. The predicted octanol–water partition coefficient (Wildman–Crippen LogP) is 2.70. The maximum absolute atomic E-state index is 12.7. The van der Waals surface area contributed by atoms with Crippen molar-refractivity contribution >= 4 is 48.7 Å². The molecule has 0 saturated carbocycles. The van der Waals surface area contributed by atoms with Crippen LogP contribution < -0.4 is 9.44 Å². The molecule has 13 heteroatoms. The zero-order valence-electron chi connectivity index (χ0n) is 18.9. The molecule has 0 bridgehead atoms. The average Bonchev–Trinajstić information content (AvgIpc) is 3.12. The Balaban J connectivity index is 1.60. The minimum Gasteiger partial charge on any atom is -0.464 e. The van der Waals surface area contributed by atoms with Gasteiger partial charge in [-0.05, 0) is 58.3 Å². The van der Waals surface area contributed by atoms with Crippen LogP contribution in [0.1, 0.15) is 25.4 Å². The van der Waals surface area contributed by atoms with Gasteiger partial charge in [-0.2, -0.15) is 11.8 Å². The van der Waals surface area contributed by atoms with Gasteiger partial charge in [0, 0.05) is 16.7 Å². The number of aliphatic imine (C=N–C) groups is 1. The van der Waals surface area contributed by atoms with Crippen LogP contribution in [-0.4, -0.2) is 59.3 Å². The van der Waals surface area contributed by atoms with Crippen LogP contribution >= 0.6 is 23.5 Å². The van der Waals surface area contributed by atoms with Crippen LogP contribution in [0.25, 0.3) is 0 Å². The molecule has 2 heterocycles. The van der Waals surface area contributed by atoms with Gasteiger partial charge >= 0.3 is 0 Å². The lowest BCUT2D eigenvalue weighted by atomic mass is 10.4. The molecule has 0 spiro atoms. The van der Waals surface area contributed by atoms with E-state index >= 15 is 0 Å². The van der Waals surface area contributed by atoms with Crippen LogP contribution in [0.4, 0.5) is 0 Å². The van der Waals surface area contributed by atoms with E-state index in [0.29, 0.717) is 22.9 Å². The lowest BCUT2D eigenvalue weighted by molar-refractivity contribution is 0.344. The summed E-state index contributed by atoms with van der Waals surface area (Å²) in [5.74, 6) is 3.21. The fraction of sp³-hybridized carbons (Fsp3) is 0.450. The number of sulfonamides is 2. The van der Waals surface area contributed by atoms with Crippen LogP contribution in [0, 0.1) is 0 Å². The number of nitrogens with zero attached hydrogens (tertiary/aromatic N) is 2. The monoisotopic (exact) mass is 532 g/mol. The SMILES string of the molecule is CC(C)NS(=O)(=O)c1ccc2c(c1)S(=O)(=O)NC(=NCCSCc1ccc(CN(C)C)o1)S2. The van der Waals surface area contributed by atoms with E-state index in [1.165, 1.54) is 30.0 Å². The molecule has 2 N–H and O–H groups in total. The van der Waals surface area contributed by atoms with Crippen LogP contribution in [0.5, 0.6) is 0 Å². The third-order valence-corrected chi connectivity index (χ3v) is 9.51. The van der Waals surface area contributed by atoms with Gasteiger partial charge in [-0.15, -0.1) is 0 Å². The van der Waals surface area contributed by atoms with E-state index in [1.807, 2.05) is 31.1 Å². The van der Waals surface area contributed by atoms with Gasteiger partial charge in [-0.3, -0.25) is 9.71 Å². The predicted molar refractivity (Wildman–Crippen MR) is 133 cm³/mol. The van der Waals surface area contributed by atoms with Crippen molar-refractivity contribution in [3.8, 4) is 0 Å². The Morgan fingerprint density at radius 1 is 1.21 bits per heavy atom. The molecule has 1 aliphatic rings. The zero-order chi connectivity index (χ0) is 24.2. The molecule has 0 unspecified atom stereocenters. The normalized spacial score (nSPS) is 16.8. The van der Waals surface area contributed by atoms with Crippen molar-refractivity contribution < 1.29 is 21.3 Å². The Morgan fingerprint density at radius 2 is 1.94 bits per heavy atom. The van der Waals surface area contributed by atoms with E-state index in [0.717, 1.165) is 18.1 Å². The Hall–Kier alpha value is -1.51. The van der Waals surface area contributed by atoms with Crippen molar-refractivity contribution in [2.24, 2.45) is 4.99 Å². The Kier molecular flexibility index (Phi) is 8.56. The summed E-state index contributed by atoms with van der Waals surface area (Å²) in [5, 5.41) is 0.269. The smallest absolute Gasteiger partial charge is 0.264 e. The largest absolute Gasteiger partial charge is 0.464 e. The van der Waals surface area contributed by atoms with E-state index in [4.69, 9.17) is 4.42 Å². The van der Waals surface area contributed by atoms with Crippen molar-refractivity contribution in [1.29, 1.82) is 0 Å². The van der Waals surface area contributed by atoms with Gasteiger partial charge in [0.2, 0.25) is 10.0 Å². The molecule has 0 fully saturated rings. The van der Waals surface area contributed by atoms with E-state index in [-0.39, 0.29) is 21.0 Å². The van der Waals surface area contributed by atoms with Crippen molar-refractivity contribution in [2.45, 2.75) is 46.9 Å². The van der Waals surface area contributed by atoms with Gasteiger partial charge in [0.05, 0.1) is 23.7 Å². The van der Waals surface area contributed by atoms with Crippen molar-refractivity contribution in [1.82, 2.24) is 14.3 Å². The molecule has 0 saturated heterocycles. The second-order valence-electron chi connectivity index (χ2n) is 7.94. The first kappa shape index (κ1) is 26.1. The van der Waals surface area contributed by atoms with Gasteiger partial charge in [0.15, 0.2) is 5.17 Å². The summed E-state index contributed by atoms with van der Waals surface area (Å²) in [7, 11) is -3.75. The van der Waals surface area contributed by atoms with Gasteiger partial charge in [-0.25, -0.2) is 21.6 Å². The van der Waals surface area contributed by atoms with Crippen LogP contribution in [-0.2, 0) is 32.3 Å². The standard InChI is InChI=1S/C20H28N4O5S4/c1-14(2)22-32(25,26)17-7-8-18-19(11-17)33(27,28)23-20(31-18)21-9-10-30-13-16-6-5-15(29-16)12-24(3)4/h5-8,11,14,22H,9-10,12-13H2,1-4H3,(H,21,23). The quantitative estimate of drug-likeness (QED) is 0.448. The first-order valence-electron chi connectivity index (χ1n) is 10.2. The molecular formula is C20H28N4O5S4. The van der Waals surface area contributed by atoms with E-state index in [2.05, 4.69) is 14.4 Å². The molecule has 1 aliphatic heterocycles. The van der Waals surface area contributed by atoms with Gasteiger partial charge in [0.1, 0.15) is 16.4 Å². The average molecular weight is 533 g/mol. The molecule has 0 atom stereocenters. The van der Waals surface area contributed by atoms with Gasteiger partial charge in [-0.1, -0.05) is 11.8 Å². The first-order valence-corrected chi connectivity index (χ1v) is 15.1. The van der Waals surface area contributed by atoms with Crippen LogP contribution in [0.15, 0.2) is 54.4 Å². The molecule has 0 aliphatic carbocycles. The van der Waals surface area contributed by atoms with Crippen molar-refractivity contribution in [3.05, 3.63) is 41.9 Å². The highest BCUT2D eigenvalue weighted by Gasteiger charge is 2.29. The molecule has 9 nitrogen and oxygen atoms in total. The fourth-order valence-corrected chi connectivity index (χ4v) is 7.67. The number of furan rings is 1. The van der Waals surface area contributed by atoms with E-state index < -0.39 is 20.0 Å². The van der Waals surface area contributed by atoms with Crippen molar-refractivity contribution in [2.75, 3.05) is 26.4 Å². The number of hydrogen-bond donors (Lipinski definition) is 2. The summed E-state index contributed by atoms with van der Waals surface area (Å²) in [6, 6.07) is 7.70. The summed E-state index contributed by atoms with van der Waals surface area (Å²) >= 11 is 2.82. The fourth-order valence-electron chi connectivity index (χ4n) is 2.97. The van der Waals surface area contributed by atoms with Gasteiger partial charge < -0.3 is 9.32 Å². The van der Waals surface area contributed by atoms with Crippen LogP contribution in [0.3, 0.4) is 0 Å². The summed E-state index contributed by atoms with van der Waals surface area (Å²) in [5.41, 5.74) is 0. The molecule has 0 amide bonds. The Labute approximate surface area is 203 Å². The maximum Gasteiger partial charge on any atom is 0.264 e. The first-order chi connectivity index (χ1) is 15.5. The highest BCUT2D eigenvalue weighted by Crippen LogP contribution is 2.33. The maximum atomic E-state index is 12.7. The summed E-state index contributed by atoms with van der Waals surface area (Å²) in [6.45, 7) is 4.57. The number of amidine groups is 1. The Bertz CT molecular complexity index is 1220. The summed E-state index contributed by atoms with van der Waals surface area (Å²) in [6.07, 6.45) is 0. The molecule has 182 valence electrons. The summed E-state index contributed by atoms with van der Waals surface area (Å²) < 4.78 is 60.8. The third kappa shape index (κ3) is 7.23. The second-order valence-corrected chi connectivity index (χ2v) is 13.4. The molecule has 0 radical (unpaired) electrons. The minimum absolute atomic E-state index is 0.0706. The lowest BCUT2D eigenvalue weighted by Crippen LogP contribution is -2.34. The number of nitrogens with one attached hydrogen (secondary N) is 2. The van der Waals surface area contributed by atoms with E-state index in [1.54, 1.807) is 25.6 Å². The zero-order valence-corrected chi connectivity index (χ0v) is 22.1. The lowest BCUT2D eigenvalue weighted by Gasteiger charge is -2.20. The number of thioether (sulfide) groups is 2. The van der Waals surface area contributed by atoms with E-state index in [9.17, 15) is 16.8 Å². The molecule has 1 aromatic heterocycles. The molecule has 3 rings (SSSR count). The number of hydrogen-bond acceptors (Lipinski definition) is 9. The third-order valence-electron chi connectivity index (χ3n) is 4.26. The topological polar surface area (TPSA) is 121 Å². The van der Waals surface area contributed by atoms with Crippen molar-refractivity contribution in [3.63, 3.8) is 0 Å². The minimum atomic E-state index is -3.92. The van der Waals surface area contributed by atoms with Crippen LogP contribution in [0.2, 0.25) is 0 Å². The number of benzene rings is 1. The molecule has 33 heavy (non-hydrogen) atoms. The Morgan fingerprint density at radius 3 is 2.64 bits per heavy atom. The molecule has 2 aromatic rings. The van der Waals surface area contributed by atoms with Gasteiger partial charge in [0.25, 0.3) is 10.0 Å². The molecular weight excluding hydrogens is 505 g/mol. The second kappa shape index (κ2) is 10.8. The number of rotatable bonds is 10.